The molecule has 0 aliphatic heterocycles. The van der Waals surface area contributed by atoms with E-state index in [0.717, 1.165) is 6.07 Å². The Labute approximate surface area is 178 Å². The van der Waals surface area contributed by atoms with Crippen molar-refractivity contribution in [3.8, 4) is 0 Å². The third kappa shape index (κ3) is 4.21. The third-order valence-electron chi connectivity index (χ3n) is 4.31. The maximum Gasteiger partial charge on any atom is 0.460 e. The van der Waals surface area contributed by atoms with Gasteiger partial charge in [0.05, 0.1) is 6.54 Å². The zero-order valence-corrected chi connectivity index (χ0v) is 15.6. The number of rotatable bonds is 9. The average molecular weight is 529 g/mol. The quantitative estimate of drug-likeness (QED) is 0.453. The Bertz CT molecular complexity index is 915. The minimum Gasteiger partial charge on any atom is -0.477 e. The lowest BCUT2D eigenvalue weighted by Crippen LogP contribution is -2.67. The van der Waals surface area contributed by atoms with Gasteiger partial charge in [-0.05, 0) is 5.56 Å². The summed E-state index contributed by atoms with van der Waals surface area (Å²) in [4.78, 5) is 21.6. The molecular formula is C16H9F14NO3. The van der Waals surface area contributed by atoms with Crippen LogP contribution in [0.5, 0.6) is 0 Å². The van der Waals surface area contributed by atoms with Crippen LogP contribution < -0.4 is 5.32 Å². The number of carbonyl (C=O) groups excluding carboxylic acids is 1. The third-order valence-corrected chi connectivity index (χ3v) is 4.31. The summed E-state index contributed by atoms with van der Waals surface area (Å²) < 4.78 is 187. The van der Waals surface area contributed by atoms with Crippen LogP contribution in [-0.4, -0.2) is 59.3 Å². The maximum atomic E-state index is 15.2. The number of hydrogen-bond acceptors (Lipinski definition) is 2. The first-order valence-corrected chi connectivity index (χ1v) is 8.15. The van der Waals surface area contributed by atoms with E-state index in [2.05, 4.69) is 0 Å². The highest BCUT2D eigenvalue weighted by molar-refractivity contribution is 5.85. The van der Waals surface area contributed by atoms with Crippen molar-refractivity contribution < 1.29 is 76.2 Å². The molecule has 2 N–H and O–H groups in total. The number of carboxylic acids is 1. The van der Waals surface area contributed by atoms with Gasteiger partial charge >= 0.3 is 41.8 Å². The molecule has 0 saturated carbocycles. The molecule has 34 heavy (non-hydrogen) atoms. The standard InChI is InChI=1S/C16H9F14NO3/c17-10(7-4-2-1-3-5-7,13(22,23)14(24,25)12(20,21)9(33)34)6-31-8(32)11(18,19)15(26,27)16(28,29)30/h1-5H,6H2,(H,31,32)(H,33,34). The predicted octanol–water partition coefficient (Wildman–Crippen LogP) is 4.79. The number of aliphatic carboxylic acids is 1. The number of benzene rings is 1. The van der Waals surface area contributed by atoms with E-state index in [4.69, 9.17) is 5.11 Å². The Hall–Kier alpha value is -2.82. The van der Waals surface area contributed by atoms with Gasteiger partial charge in [-0.2, -0.15) is 57.1 Å². The molecular weight excluding hydrogens is 520 g/mol. The molecule has 1 amide bonds. The van der Waals surface area contributed by atoms with Gasteiger partial charge in [0.2, 0.25) is 5.67 Å². The lowest BCUT2D eigenvalue weighted by molar-refractivity contribution is -0.345. The highest BCUT2D eigenvalue weighted by atomic mass is 19.4. The highest BCUT2D eigenvalue weighted by Gasteiger charge is 2.82. The fourth-order valence-corrected chi connectivity index (χ4v) is 2.31. The molecule has 0 radical (unpaired) electrons. The van der Waals surface area contributed by atoms with Gasteiger partial charge < -0.3 is 10.4 Å². The first-order valence-electron chi connectivity index (χ1n) is 8.15. The highest BCUT2D eigenvalue weighted by Crippen LogP contribution is 2.55. The molecule has 194 valence electrons. The molecule has 0 saturated heterocycles. The van der Waals surface area contributed by atoms with Gasteiger partial charge in [-0.25, -0.2) is 9.18 Å². The smallest absolute Gasteiger partial charge is 0.460 e. The van der Waals surface area contributed by atoms with E-state index < -0.39 is 65.4 Å². The Morgan fingerprint density at radius 1 is 0.676 bits per heavy atom. The van der Waals surface area contributed by atoms with Crippen molar-refractivity contribution in [1.29, 1.82) is 0 Å². The van der Waals surface area contributed by atoms with Crippen molar-refractivity contribution in [3.63, 3.8) is 0 Å². The lowest BCUT2D eigenvalue weighted by atomic mass is 9.83. The minimum atomic E-state index is -7.17. The molecule has 18 heteroatoms. The van der Waals surface area contributed by atoms with Gasteiger partial charge in [-0.3, -0.25) is 4.79 Å². The predicted molar refractivity (Wildman–Crippen MR) is 80.7 cm³/mol. The molecule has 0 aliphatic rings. The molecule has 0 heterocycles. The topological polar surface area (TPSA) is 66.4 Å². The number of carboxylic acid groups (broad SMARTS) is 1. The van der Waals surface area contributed by atoms with Crippen LogP contribution in [0.3, 0.4) is 0 Å². The van der Waals surface area contributed by atoms with Crippen molar-refractivity contribution in [3.05, 3.63) is 35.9 Å². The fourth-order valence-electron chi connectivity index (χ4n) is 2.31. The number of carbonyl (C=O) groups is 2. The van der Waals surface area contributed by atoms with E-state index in [-0.39, 0.29) is 17.4 Å². The van der Waals surface area contributed by atoms with Gasteiger partial charge in [0.1, 0.15) is 0 Å². The van der Waals surface area contributed by atoms with Crippen molar-refractivity contribution in [2.24, 2.45) is 0 Å². The summed E-state index contributed by atoms with van der Waals surface area (Å²) in [6.45, 7) is -3.00. The Kier molecular flexibility index (Phi) is 7.25. The van der Waals surface area contributed by atoms with E-state index in [1.54, 1.807) is 0 Å². The molecule has 1 unspecified atom stereocenters. The summed E-state index contributed by atoms with van der Waals surface area (Å²) in [5.74, 6) is -42.5. The number of halogens is 14. The zero-order valence-electron chi connectivity index (χ0n) is 15.6. The number of nitrogens with one attached hydrogen (secondary N) is 1. The number of hydrogen-bond donors (Lipinski definition) is 2. The molecule has 1 atom stereocenters. The zero-order chi connectivity index (χ0) is 27.2. The van der Waals surface area contributed by atoms with Crippen LogP contribution in [0.25, 0.3) is 0 Å². The van der Waals surface area contributed by atoms with Crippen molar-refractivity contribution >= 4 is 11.9 Å². The summed E-state index contributed by atoms with van der Waals surface area (Å²) in [6, 6.07) is 2.33. The Balaban J connectivity index is 3.57. The summed E-state index contributed by atoms with van der Waals surface area (Å²) in [5, 5.41) is 8.27. The molecule has 1 aromatic carbocycles. The van der Waals surface area contributed by atoms with E-state index in [0.29, 0.717) is 12.1 Å². The Morgan fingerprint density at radius 2 is 1.12 bits per heavy atom. The Morgan fingerprint density at radius 3 is 1.50 bits per heavy atom. The van der Waals surface area contributed by atoms with Crippen LogP contribution in [0, 0.1) is 0 Å². The van der Waals surface area contributed by atoms with Crippen LogP contribution in [0.2, 0.25) is 0 Å². The molecule has 0 fully saturated rings. The van der Waals surface area contributed by atoms with Crippen molar-refractivity contribution in [2.75, 3.05) is 6.54 Å². The minimum absolute atomic E-state index is 0.136. The molecule has 0 aliphatic carbocycles. The molecule has 0 bridgehead atoms. The summed E-state index contributed by atoms with van der Waals surface area (Å²) in [5.41, 5.74) is -7.25. The largest absolute Gasteiger partial charge is 0.477 e. The monoisotopic (exact) mass is 529 g/mol. The maximum absolute atomic E-state index is 15.2. The summed E-state index contributed by atoms with van der Waals surface area (Å²) >= 11 is 0. The van der Waals surface area contributed by atoms with E-state index in [1.165, 1.54) is 0 Å². The fraction of sp³-hybridized carbons (Fsp3) is 0.500. The molecule has 0 aromatic heterocycles. The van der Waals surface area contributed by atoms with Crippen LogP contribution in [-0.2, 0) is 15.3 Å². The summed E-state index contributed by atoms with van der Waals surface area (Å²) in [7, 11) is 0. The van der Waals surface area contributed by atoms with Crippen LogP contribution >= 0.6 is 0 Å². The number of amides is 1. The van der Waals surface area contributed by atoms with Gasteiger partial charge in [0, 0.05) is 0 Å². The molecule has 1 rings (SSSR count). The average Bonchev–Trinajstić information content (AvgIpc) is 2.70. The van der Waals surface area contributed by atoms with E-state index in [1.807, 2.05) is 0 Å². The second-order valence-corrected chi connectivity index (χ2v) is 6.52. The van der Waals surface area contributed by atoms with Gasteiger partial charge in [-0.1, -0.05) is 30.3 Å². The lowest BCUT2D eigenvalue weighted by Gasteiger charge is -2.40. The normalized spacial score (nSPS) is 16.1. The summed E-state index contributed by atoms with van der Waals surface area (Å²) in [6.07, 6.45) is -7.11. The van der Waals surface area contributed by atoms with Crippen molar-refractivity contribution in [1.82, 2.24) is 5.32 Å². The van der Waals surface area contributed by atoms with Crippen molar-refractivity contribution in [2.45, 2.75) is 41.5 Å². The SMILES string of the molecule is O=C(NCC(F)(c1ccccc1)C(F)(F)C(F)(F)C(F)(F)C(=O)O)C(F)(F)C(F)(F)C(F)(F)F. The first-order chi connectivity index (χ1) is 14.9. The second kappa shape index (κ2) is 8.44. The van der Waals surface area contributed by atoms with Gasteiger partial charge in [-0.15, -0.1) is 0 Å². The van der Waals surface area contributed by atoms with Gasteiger partial charge in [0.25, 0.3) is 5.91 Å². The molecule has 4 nitrogen and oxygen atoms in total. The number of alkyl halides is 14. The van der Waals surface area contributed by atoms with Crippen LogP contribution in [0.1, 0.15) is 5.56 Å². The van der Waals surface area contributed by atoms with Gasteiger partial charge in [0.15, 0.2) is 0 Å². The molecule has 1 aromatic rings. The van der Waals surface area contributed by atoms with Crippen LogP contribution in [0.15, 0.2) is 30.3 Å². The first kappa shape index (κ1) is 29.2. The molecule has 0 spiro atoms. The second-order valence-electron chi connectivity index (χ2n) is 6.52. The van der Waals surface area contributed by atoms with Crippen LogP contribution in [0.4, 0.5) is 61.5 Å². The van der Waals surface area contributed by atoms with E-state index in [9.17, 15) is 66.7 Å². The van der Waals surface area contributed by atoms with E-state index >= 15 is 4.39 Å².